The summed E-state index contributed by atoms with van der Waals surface area (Å²) in [6, 6.07) is 8.36. The summed E-state index contributed by atoms with van der Waals surface area (Å²) >= 11 is 7.15. The molecule has 0 heterocycles. The minimum absolute atomic E-state index is 0.0413. The van der Waals surface area contributed by atoms with Crippen molar-refractivity contribution in [3.05, 3.63) is 58.1 Å². The van der Waals surface area contributed by atoms with Crippen molar-refractivity contribution in [2.24, 2.45) is 4.40 Å². The molecular weight excluding hydrogens is 471 g/mol. The van der Waals surface area contributed by atoms with Crippen LogP contribution >= 0.6 is 23.4 Å². The molecular formula is C21H21ClF3NO3S2. The molecule has 0 saturated carbocycles. The van der Waals surface area contributed by atoms with Crippen molar-refractivity contribution in [1.29, 1.82) is 0 Å². The summed E-state index contributed by atoms with van der Waals surface area (Å²) < 4.78 is 61.5. The largest absolute Gasteiger partial charge is 0.462 e. The van der Waals surface area contributed by atoms with Gasteiger partial charge in [0.05, 0.1) is 27.5 Å². The van der Waals surface area contributed by atoms with E-state index < -0.39 is 33.4 Å². The number of halogens is 4. The third kappa shape index (κ3) is 6.57. The van der Waals surface area contributed by atoms with E-state index in [4.69, 9.17) is 16.3 Å². The van der Waals surface area contributed by atoms with Crippen LogP contribution in [-0.2, 0) is 21.9 Å². The van der Waals surface area contributed by atoms with Crippen LogP contribution in [0.5, 0.6) is 0 Å². The van der Waals surface area contributed by atoms with E-state index in [0.29, 0.717) is 4.90 Å². The van der Waals surface area contributed by atoms with Crippen molar-refractivity contribution < 1.29 is 26.9 Å². The summed E-state index contributed by atoms with van der Waals surface area (Å²) in [7, 11) is -1.77. The van der Waals surface area contributed by atoms with Gasteiger partial charge in [0, 0.05) is 21.6 Å². The van der Waals surface area contributed by atoms with E-state index in [1.807, 2.05) is 0 Å². The molecule has 4 nitrogen and oxygen atoms in total. The Labute approximate surface area is 190 Å². The van der Waals surface area contributed by atoms with Crippen LogP contribution in [-0.4, -0.2) is 27.7 Å². The second-order valence-electron chi connectivity index (χ2n) is 7.25. The Hall–Kier alpha value is -1.84. The topological polar surface area (TPSA) is 55.7 Å². The molecule has 0 bridgehead atoms. The molecule has 2 rings (SSSR count). The minimum atomic E-state index is -4.69. The molecule has 2 aromatic rings. The number of alkyl halides is 3. The van der Waals surface area contributed by atoms with E-state index >= 15 is 0 Å². The van der Waals surface area contributed by atoms with Gasteiger partial charge in [-0.25, -0.2) is 9.00 Å². The van der Waals surface area contributed by atoms with Gasteiger partial charge in [0.25, 0.3) is 0 Å². The summed E-state index contributed by atoms with van der Waals surface area (Å²) in [5.74, 6) is -0.599. The second-order valence-corrected chi connectivity index (χ2v) is 10.6. The third-order valence-corrected chi connectivity index (χ3v) is 6.84. The number of ether oxygens (including phenoxy) is 1. The molecule has 0 radical (unpaired) electrons. The fourth-order valence-corrected chi connectivity index (χ4v) is 4.22. The highest BCUT2D eigenvalue weighted by atomic mass is 35.5. The van der Waals surface area contributed by atoms with Crippen LogP contribution < -0.4 is 0 Å². The first kappa shape index (κ1) is 25.4. The van der Waals surface area contributed by atoms with Crippen molar-refractivity contribution in [2.75, 3.05) is 6.61 Å². The maximum absolute atomic E-state index is 13.7. The van der Waals surface area contributed by atoms with Crippen molar-refractivity contribution in [3.63, 3.8) is 0 Å². The van der Waals surface area contributed by atoms with E-state index in [1.165, 1.54) is 6.07 Å². The van der Waals surface area contributed by atoms with Crippen LogP contribution in [0.1, 0.15) is 49.2 Å². The molecule has 0 saturated heterocycles. The average Bonchev–Trinajstić information content (AvgIpc) is 2.66. The van der Waals surface area contributed by atoms with Gasteiger partial charge in [-0.3, -0.25) is 0 Å². The molecule has 2 aromatic carbocycles. The quantitative estimate of drug-likeness (QED) is 0.339. The number of benzene rings is 2. The summed E-state index contributed by atoms with van der Waals surface area (Å²) in [4.78, 5) is 12.7. The Bertz CT molecular complexity index is 1020. The van der Waals surface area contributed by atoms with Crippen LogP contribution in [0.3, 0.4) is 0 Å². The first-order chi connectivity index (χ1) is 14.4. The summed E-state index contributed by atoms with van der Waals surface area (Å²) in [6.07, 6.45) is -3.75. The summed E-state index contributed by atoms with van der Waals surface area (Å²) in [5.41, 5.74) is -1.09. The highest BCUT2D eigenvalue weighted by molar-refractivity contribution is 7.99. The van der Waals surface area contributed by atoms with Gasteiger partial charge in [0.2, 0.25) is 0 Å². The first-order valence-corrected chi connectivity index (χ1v) is 11.5. The zero-order valence-corrected chi connectivity index (χ0v) is 19.6. The molecule has 31 heavy (non-hydrogen) atoms. The molecule has 1 unspecified atom stereocenters. The van der Waals surface area contributed by atoms with Crippen LogP contribution in [0.4, 0.5) is 13.2 Å². The molecule has 0 aliphatic rings. The maximum atomic E-state index is 13.7. The van der Waals surface area contributed by atoms with Gasteiger partial charge in [-0.05, 0) is 52.0 Å². The standard InChI is InChI=1S/C21H21ClF3NO3S2/c1-5-29-19(27)13-8-6-7-9-17(13)30-18-14(12-26-31(28)20(2,3)4)15(21(23,24)25)10-11-16(18)22/h6-12H,5H2,1-4H3/b26-12+. The lowest BCUT2D eigenvalue weighted by molar-refractivity contribution is -0.137. The van der Waals surface area contributed by atoms with Gasteiger partial charge < -0.3 is 4.74 Å². The van der Waals surface area contributed by atoms with E-state index in [9.17, 15) is 22.2 Å². The molecule has 0 aromatic heterocycles. The lowest BCUT2D eigenvalue weighted by Gasteiger charge is -2.17. The fraction of sp³-hybridized carbons (Fsp3) is 0.333. The van der Waals surface area contributed by atoms with Crippen LogP contribution in [0.15, 0.2) is 50.6 Å². The number of esters is 1. The molecule has 0 spiro atoms. The average molecular weight is 492 g/mol. The monoisotopic (exact) mass is 491 g/mol. The Morgan fingerprint density at radius 2 is 1.84 bits per heavy atom. The first-order valence-electron chi connectivity index (χ1n) is 9.16. The van der Waals surface area contributed by atoms with Crippen molar-refractivity contribution in [2.45, 2.75) is 48.4 Å². The van der Waals surface area contributed by atoms with Crippen LogP contribution in [0, 0.1) is 0 Å². The highest BCUT2D eigenvalue weighted by Crippen LogP contribution is 2.42. The van der Waals surface area contributed by atoms with Gasteiger partial charge in [-0.2, -0.15) is 17.6 Å². The van der Waals surface area contributed by atoms with Gasteiger partial charge in [0.15, 0.2) is 0 Å². The molecule has 1 atom stereocenters. The summed E-state index contributed by atoms with van der Waals surface area (Å²) in [5, 5.41) is 0.0413. The predicted octanol–water partition coefficient (Wildman–Crippen LogP) is 6.57. The van der Waals surface area contributed by atoms with Gasteiger partial charge in [-0.1, -0.05) is 35.5 Å². The third-order valence-electron chi connectivity index (χ3n) is 3.85. The Kier molecular flexibility index (Phi) is 8.35. The van der Waals surface area contributed by atoms with E-state index in [1.54, 1.807) is 45.9 Å². The van der Waals surface area contributed by atoms with Gasteiger partial charge >= 0.3 is 12.1 Å². The molecule has 0 fully saturated rings. The maximum Gasteiger partial charge on any atom is 0.417 e. The number of hydrogen-bond donors (Lipinski definition) is 0. The lowest BCUT2D eigenvalue weighted by Crippen LogP contribution is -2.20. The predicted molar refractivity (Wildman–Crippen MR) is 118 cm³/mol. The highest BCUT2D eigenvalue weighted by Gasteiger charge is 2.35. The van der Waals surface area contributed by atoms with Crippen molar-refractivity contribution >= 4 is 46.5 Å². The van der Waals surface area contributed by atoms with Crippen molar-refractivity contribution in [1.82, 2.24) is 0 Å². The normalized spacial score (nSPS) is 13.4. The van der Waals surface area contributed by atoms with Crippen LogP contribution in [0.2, 0.25) is 5.02 Å². The number of nitrogens with zero attached hydrogens (tertiary/aromatic N) is 1. The Morgan fingerprint density at radius 3 is 2.42 bits per heavy atom. The Morgan fingerprint density at radius 1 is 1.19 bits per heavy atom. The number of hydrogen-bond acceptors (Lipinski definition) is 4. The van der Waals surface area contributed by atoms with Gasteiger partial charge in [0.1, 0.15) is 11.0 Å². The van der Waals surface area contributed by atoms with Crippen LogP contribution in [0.25, 0.3) is 0 Å². The fourth-order valence-electron chi connectivity index (χ4n) is 2.35. The smallest absolute Gasteiger partial charge is 0.417 e. The Balaban J connectivity index is 2.65. The van der Waals surface area contributed by atoms with E-state index in [2.05, 4.69) is 4.40 Å². The molecule has 10 heteroatoms. The molecule has 0 aliphatic carbocycles. The number of rotatable bonds is 6. The number of carbonyl (C=O) groups excluding carboxylic acids is 1. The lowest BCUT2D eigenvalue weighted by atomic mass is 10.1. The van der Waals surface area contributed by atoms with E-state index in [0.717, 1.165) is 30.1 Å². The zero-order chi connectivity index (χ0) is 23.4. The van der Waals surface area contributed by atoms with E-state index in [-0.39, 0.29) is 27.7 Å². The second kappa shape index (κ2) is 10.2. The van der Waals surface area contributed by atoms with Crippen molar-refractivity contribution in [3.8, 4) is 0 Å². The molecule has 0 aliphatic heterocycles. The number of carbonyl (C=O) groups is 1. The minimum Gasteiger partial charge on any atom is -0.462 e. The molecule has 0 amide bonds. The van der Waals surface area contributed by atoms with Gasteiger partial charge in [-0.15, -0.1) is 0 Å². The zero-order valence-electron chi connectivity index (χ0n) is 17.2. The SMILES string of the molecule is CCOC(=O)c1ccccc1Sc1c(Cl)ccc(C(F)(F)F)c1/C=N/S(=O)C(C)(C)C. The molecule has 168 valence electrons. The molecule has 0 N–H and O–H groups in total. The summed E-state index contributed by atoms with van der Waals surface area (Å²) in [6.45, 7) is 6.79.